The predicted molar refractivity (Wildman–Crippen MR) is 240 cm³/mol. The molecule has 22 heteroatoms. The van der Waals surface area contributed by atoms with Crippen LogP contribution in [0.1, 0.15) is 115 Å². The average Bonchev–Trinajstić information content (AvgIpc) is 4.25. The summed E-state index contributed by atoms with van der Waals surface area (Å²) >= 11 is 0. The number of hydrogen-bond acceptors (Lipinski definition) is 12. The van der Waals surface area contributed by atoms with E-state index >= 15 is 0 Å². The van der Waals surface area contributed by atoms with Gasteiger partial charge in [0.1, 0.15) is 41.1 Å². The minimum Gasteiger partial charge on any atom is -0.508 e. The Labute approximate surface area is 405 Å². The number of aryl methyl sites for hydroxylation is 3. The first-order chi connectivity index (χ1) is 33.2. The Kier molecular flexibility index (Phi) is 16.8. The number of carbonyl (C=O) groups excluding carboxylic acids is 2. The van der Waals surface area contributed by atoms with Crippen molar-refractivity contribution >= 4 is 32.2 Å². The number of aromatic hydroxyl groups is 1. The van der Waals surface area contributed by atoms with Gasteiger partial charge in [-0.2, -0.15) is 43.2 Å². The molecule has 71 heavy (non-hydrogen) atoms. The molecule has 1 N–H and O–H groups in total. The number of halogens is 8. The van der Waals surface area contributed by atoms with Crippen LogP contribution in [-0.4, -0.2) is 59.1 Å². The van der Waals surface area contributed by atoms with Crippen molar-refractivity contribution in [3.8, 4) is 17.2 Å². The van der Waals surface area contributed by atoms with Crippen molar-refractivity contribution in [3.05, 3.63) is 123 Å². The van der Waals surface area contributed by atoms with Gasteiger partial charge in [-0.3, -0.25) is 9.59 Å². The third-order valence-corrected chi connectivity index (χ3v) is 15.5. The molecular formula is C49H52F8O12S2. The van der Waals surface area contributed by atoms with Crippen LogP contribution in [-0.2, 0) is 55.8 Å². The van der Waals surface area contributed by atoms with E-state index in [1.54, 1.807) is 12.1 Å². The molecule has 0 spiro atoms. The molecule has 4 aliphatic rings. The summed E-state index contributed by atoms with van der Waals surface area (Å²) in [6, 6.07) is 22.0. The first-order valence-electron chi connectivity index (χ1n) is 22.5. The van der Waals surface area contributed by atoms with Gasteiger partial charge >= 0.3 is 43.2 Å². The van der Waals surface area contributed by atoms with Crippen molar-refractivity contribution in [1.29, 1.82) is 0 Å². The van der Waals surface area contributed by atoms with Crippen LogP contribution in [0.3, 0.4) is 0 Å². The number of esters is 2. The fourth-order valence-corrected chi connectivity index (χ4v) is 10.6. The van der Waals surface area contributed by atoms with Crippen LogP contribution in [0, 0.1) is 42.2 Å². The van der Waals surface area contributed by atoms with Crippen LogP contribution in [0.5, 0.6) is 17.2 Å². The Morgan fingerprint density at radius 2 is 1.00 bits per heavy atom. The molecule has 0 aromatic heterocycles. The third-order valence-electron chi connectivity index (χ3n) is 12.9. The summed E-state index contributed by atoms with van der Waals surface area (Å²) in [5, 5.41) is 9.45. The molecule has 0 bridgehead atoms. The molecule has 4 aromatic rings. The van der Waals surface area contributed by atoms with Gasteiger partial charge in [0.15, 0.2) is 0 Å². The van der Waals surface area contributed by atoms with Gasteiger partial charge < -0.3 is 24.1 Å². The number of ether oxygens (including phenoxy) is 4. The number of carbonyl (C=O) groups is 2. The Morgan fingerprint density at radius 1 is 0.606 bits per heavy atom. The first-order valence-corrected chi connectivity index (χ1v) is 25.3. The maximum absolute atomic E-state index is 14.4. The maximum atomic E-state index is 14.4. The summed E-state index contributed by atoms with van der Waals surface area (Å²) in [7, 11) is -10.8. The van der Waals surface area contributed by atoms with E-state index in [4.69, 9.17) is 18.9 Å². The summed E-state index contributed by atoms with van der Waals surface area (Å²) in [5.74, 6) is 1.28. The van der Waals surface area contributed by atoms with E-state index in [1.807, 2.05) is 42.6 Å². The van der Waals surface area contributed by atoms with E-state index in [-0.39, 0.29) is 59.4 Å². The molecule has 388 valence electrons. The van der Waals surface area contributed by atoms with E-state index in [0.29, 0.717) is 29.4 Å². The lowest BCUT2D eigenvalue weighted by Gasteiger charge is -2.29. The SMILES string of the molecule is COC(=O)[C@@H](C)[C@H](c1ccc2c(c1)OC(c1ccc(C)cc1F)CC2)C1CC1.COC(=O)[C@@H](C)[C@H](c1ccc2c(c1)OC(c1ccc(O)cc1F)CC2)C1CC1.O=S(=O)(OS(=O)(=O)C(F)(F)F)C(F)(F)F. The topological polar surface area (TPSA) is 169 Å². The predicted octanol–water partition coefficient (Wildman–Crippen LogP) is 11.1. The number of hydrogen-bond donors (Lipinski definition) is 1. The molecule has 6 atom stereocenters. The van der Waals surface area contributed by atoms with Gasteiger partial charge in [0.05, 0.1) is 26.1 Å². The zero-order chi connectivity index (χ0) is 52.4. The Bertz CT molecular complexity index is 2620. The molecule has 0 saturated heterocycles. The lowest BCUT2D eigenvalue weighted by molar-refractivity contribution is -0.146. The normalized spacial score (nSPS) is 19.5. The molecule has 0 amide bonds. The van der Waals surface area contributed by atoms with Gasteiger partial charge in [-0.1, -0.05) is 50.2 Å². The summed E-state index contributed by atoms with van der Waals surface area (Å²) < 4.78 is 161. The van der Waals surface area contributed by atoms with Crippen molar-refractivity contribution in [3.63, 3.8) is 0 Å². The van der Waals surface area contributed by atoms with E-state index in [2.05, 4.69) is 30.3 Å². The molecule has 2 aliphatic heterocycles. The fourth-order valence-electron chi connectivity index (χ4n) is 9.00. The first kappa shape index (κ1) is 54.8. The van der Waals surface area contributed by atoms with Crippen LogP contribution in [0.2, 0.25) is 0 Å². The third kappa shape index (κ3) is 13.1. The van der Waals surface area contributed by atoms with Gasteiger partial charge in [0.2, 0.25) is 0 Å². The molecule has 2 saturated carbocycles. The summed E-state index contributed by atoms with van der Waals surface area (Å²) in [5.41, 5.74) is -6.11. The lowest BCUT2D eigenvalue weighted by Crippen LogP contribution is -2.34. The highest BCUT2D eigenvalue weighted by atomic mass is 32.3. The molecule has 0 radical (unpaired) electrons. The van der Waals surface area contributed by atoms with Gasteiger partial charge in [0.25, 0.3) is 0 Å². The molecule has 2 unspecified atom stereocenters. The fraction of sp³-hybridized carbons (Fsp3) is 0.469. The quantitative estimate of drug-likeness (QED) is 0.0811. The van der Waals surface area contributed by atoms with Crippen molar-refractivity contribution < 1.29 is 89.2 Å². The van der Waals surface area contributed by atoms with E-state index in [0.717, 1.165) is 90.3 Å². The smallest absolute Gasteiger partial charge is 0.508 e. The summed E-state index contributed by atoms with van der Waals surface area (Å²) in [4.78, 5) is 24.3. The number of methoxy groups -OCH3 is 2. The Morgan fingerprint density at radius 3 is 1.35 bits per heavy atom. The van der Waals surface area contributed by atoms with Gasteiger partial charge in [-0.15, -0.1) is 3.63 Å². The Balaban J connectivity index is 0.000000184. The highest BCUT2D eigenvalue weighted by Crippen LogP contribution is 2.50. The van der Waals surface area contributed by atoms with Crippen molar-refractivity contribution in [1.82, 2.24) is 0 Å². The van der Waals surface area contributed by atoms with Gasteiger partial charge in [-0.05, 0) is 140 Å². The monoisotopic (exact) mass is 1050 g/mol. The maximum Gasteiger partial charge on any atom is 0.524 e. The number of phenols is 1. The molecule has 8 rings (SSSR count). The van der Waals surface area contributed by atoms with Crippen molar-refractivity contribution in [2.24, 2.45) is 23.7 Å². The number of phenolic OH excluding ortho intramolecular Hbond substituents is 1. The van der Waals surface area contributed by atoms with Crippen LogP contribution < -0.4 is 9.47 Å². The number of fused-ring (bicyclic) bond motifs is 2. The van der Waals surface area contributed by atoms with Crippen LogP contribution >= 0.6 is 0 Å². The number of rotatable bonds is 12. The summed E-state index contributed by atoms with van der Waals surface area (Å²) in [6.07, 6.45) is 6.94. The van der Waals surface area contributed by atoms with Crippen LogP contribution in [0.4, 0.5) is 35.1 Å². The number of alkyl halides is 6. The molecule has 4 aromatic carbocycles. The minimum absolute atomic E-state index is 0.0937. The van der Waals surface area contributed by atoms with E-state index in [9.17, 15) is 66.7 Å². The van der Waals surface area contributed by atoms with Crippen LogP contribution in [0.25, 0.3) is 0 Å². The minimum atomic E-state index is -6.85. The molecule has 2 fully saturated rings. The van der Waals surface area contributed by atoms with E-state index < -0.39 is 37.1 Å². The number of benzene rings is 4. The second-order valence-electron chi connectivity index (χ2n) is 18.0. The highest BCUT2D eigenvalue weighted by Gasteiger charge is 2.57. The molecular weight excluding hydrogens is 997 g/mol. The second-order valence-corrected chi connectivity index (χ2v) is 21.3. The zero-order valence-corrected chi connectivity index (χ0v) is 40.6. The molecule has 2 aliphatic carbocycles. The largest absolute Gasteiger partial charge is 0.524 e. The second kappa shape index (κ2) is 21.7. The van der Waals surface area contributed by atoms with Crippen LogP contribution in [0.15, 0.2) is 72.8 Å². The Hall–Kier alpha value is -5.48. The molecule has 12 nitrogen and oxygen atoms in total. The zero-order valence-electron chi connectivity index (χ0n) is 39.0. The summed E-state index contributed by atoms with van der Waals surface area (Å²) in [6.45, 7) is 5.75. The standard InChI is InChI=1S/C24H27FO3.C23H25FO4.C2F6O5S2/c1-14-4-10-19(20(25)12-14)21-11-9-16-5-8-18(13-22(16)28-21)23(17-6-7-17)15(2)24(26)27-3;1-13(23(26)27-2)22(15-4-5-15)16-6-3-14-7-10-20(28-21(14)11-16)18-9-8-17(25)12-19(18)24;3-1(4,5)14(9,10)13-15(11,12)2(6,7)8/h4-5,8,10,12-13,15,17,21,23H,6-7,9,11H2,1-3H3;3,6,8-9,11-13,15,20,22,25H,4-5,7,10H2,1-2H3;/t15-,21?,23-;13-,20?,22-;/m00./s1. The lowest BCUT2D eigenvalue weighted by atomic mass is 9.82. The van der Waals surface area contributed by atoms with Gasteiger partial charge in [0, 0.05) is 17.2 Å². The van der Waals surface area contributed by atoms with Crippen molar-refractivity contribution in [2.45, 2.75) is 107 Å². The van der Waals surface area contributed by atoms with E-state index in [1.165, 1.54) is 20.3 Å². The average molecular weight is 1050 g/mol. The molecule has 2 heterocycles. The van der Waals surface area contributed by atoms with Crippen molar-refractivity contribution in [2.75, 3.05) is 14.2 Å². The highest BCUT2D eigenvalue weighted by molar-refractivity contribution is 8.00. The van der Waals surface area contributed by atoms with Gasteiger partial charge in [-0.25, -0.2) is 8.78 Å².